The highest BCUT2D eigenvalue weighted by Crippen LogP contribution is 2.32. The van der Waals surface area contributed by atoms with Gasteiger partial charge in [-0.3, -0.25) is 0 Å². The van der Waals surface area contributed by atoms with Crippen LogP contribution in [-0.2, 0) is 11.9 Å². The maximum Gasteiger partial charge on any atom is 0.416 e. The van der Waals surface area contributed by atoms with E-state index in [-0.39, 0.29) is 0 Å². The summed E-state index contributed by atoms with van der Waals surface area (Å²) >= 11 is 1.30. The topological polar surface area (TPSA) is 56.5 Å². The first-order chi connectivity index (χ1) is 13.0. The second kappa shape index (κ2) is 6.99. The first-order valence-corrected chi connectivity index (χ1v) is 8.92. The Balaban J connectivity index is 1.61. The standard InChI is InChI=1S/C18H12F3N5S/c19-18(20,21)13-6-4-5-12(9-13)10-27-17-15-16(22-11-23-17)26(25-24-15)14-7-2-1-3-8-14/h1-9,11H,10H2. The highest BCUT2D eigenvalue weighted by molar-refractivity contribution is 7.98. The van der Waals surface area contributed by atoms with Crippen molar-refractivity contribution in [2.75, 3.05) is 0 Å². The van der Waals surface area contributed by atoms with E-state index in [0.717, 1.165) is 17.8 Å². The molecule has 0 saturated heterocycles. The van der Waals surface area contributed by atoms with Crippen molar-refractivity contribution in [2.24, 2.45) is 0 Å². The minimum absolute atomic E-state index is 0.328. The number of alkyl halides is 3. The molecule has 27 heavy (non-hydrogen) atoms. The smallest absolute Gasteiger partial charge is 0.227 e. The van der Waals surface area contributed by atoms with Crippen molar-refractivity contribution in [1.29, 1.82) is 0 Å². The summed E-state index contributed by atoms with van der Waals surface area (Å²) in [5, 5.41) is 8.85. The molecule has 0 radical (unpaired) electrons. The van der Waals surface area contributed by atoms with Gasteiger partial charge < -0.3 is 0 Å². The number of hydrogen-bond donors (Lipinski definition) is 0. The van der Waals surface area contributed by atoms with Crippen LogP contribution >= 0.6 is 11.8 Å². The van der Waals surface area contributed by atoms with E-state index in [1.54, 1.807) is 10.7 Å². The lowest BCUT2D eigenvalue weighted by Crippen LogP contribution is -2.04. The molecule has 0 spiro atoms. The van der Waals surface area contributed by atoms with E-state index in [1.807, 2.05) is 30.3 Å². The van der Waals surface area contributed by atoms with Crippen LogP contribution in [-0.4, -0.2) is 25.0 Å². The number of nitrogens with zero attached hydrogens (tertiary/aromatic N) is 5. The van der Waals surface area contributed by atoms with Crippen LogP contribution in [0, 0.1) is 0 Å². The van der Waals surface area contributed by atoms with Crippen LogP contribution in [0.1, 0.15) is 11.1 Å². The van der Waals surface area contributed by atoms with Crippen molar-refractivity contribution in [3.8, 4) is 5.69 Å². The number of thioether (sulfide) groups is 1. The van der Waals surface area contributed by atoms with E-state index in [0.29, 0.717) is 27.5 Å². The number of benzene rings is 2. The van der Waals surface area contributed by atoms with Gasteiger partial charge in [0.15, 0.2) is 11.2 Å². The third kappa shape index (κ3) is 3.63. The summed E-state index contributed by atoms with van der Waals surface area (Å²) in [6, 6.07) is 14.7. The fourth-order valence-electron chi connectivity index (χ4n) is 2.57. The van der Waals surface area contributed by atoms with Crippen molar-refractivity contribution in [3.05, 3.63) is 72.1 Å². The molecule has 2 heterocycles. The number of para-hydroxylation sites is 1. The van der Waals surface area contributed by atoms with Crippen LogP contribution in [0.15, 0.2) is 66.0 Å². The number of halogens is 3. The molecule has 0 fully saturated rings. The third-order valence-corrected chi connectivity index (χ3v) is 4.88. The summed E-state index contributed by atoms with van der Waals surface area (Å²) in [7, 11) is 0. The number of hydrogen-bond acceptors (Lipinski definition) is 5. The SMILES string of the molecule is FC(F)(F)c1cccc(CSc2ncnc3c2nnn3-c2ccccc2)c1. The molecule has 4 aromatic rings. The van der Waals surface area contributed by atoms with E-state index in [2.05, 4.69) is 20.3 Å². The van der Waals surface area contributed by atoms with Crippen molar-refractivity contribution in [3.63, 3.8) is 0 Å². The number of rotatable bonds is 4. The second-order valence-corrected chi connectivity index (χ2v) is 6.64. The van der Waals surface area contributed by atoms with Crippen LogP contribution in [0.4, 0.5) is 13.2 Å². The zero-order valence-corrected chi connectivity index (χ0v) is 14.6. The van der Waals surface area contributed by atoms with Crippen LogP contribution in [0.3, 0.4) is 0 Å². The molecule has 5 nitrogen and oxygen atoms in total. The number of fused-ring (bicyclic) bond motifs is 1. The van der Waals surface area contributed by atoms with Gasteiger partial charge in [-0.2, -0.15) is 17.9 Å². The molecule has 0 bridgehead atoms. The van der Waals surface area contributed by atoms with E-state index in [1.165, 1.54) is 24.2 Å². The Hall–Kier alpha value is -2.94. The van der Waals surface area contributed by atoms with Crippen LogP contribution in [0.5, 0.6) is 0 Å². The highest BCUT2D eigenvalue weighted by Gasteiger charge is 2.30. The van der Waals surface area contributed by atoms with Gasteiger partial charge in [0.1, 0.15) is 11.4 Å². The maximum absolute atomic E-state index is 12.9. The molecule has 4 rings (SSSR count). The molecule has 0 atom stereocenters. The van der Waals surface area contributed by atoms with Crippen molar-refractivity contribution in [2.45, 2.75) is 17.0 Å². The monoisotopic (exact) mass is 387 g/mol. The van der Waals surface area contributed by atoms with Gasteiger partial charge in [-0.25, -0.2) is 9.97 Å². The molecule has 0 aliphatic heterocycles. The van der Waals surface area contributed by atoms with Gasteiger partial charge in [0.25, 0.3) is 0 Å². The Kier molecular flexibility index (Phi) is 4.53. The Bertz CT molecular complexity index is 1080. The molecule has 0 aliphatic rings. The van der Waals surface area contributed by atoms with Gasteiger partial charge in [-0.15, -0.1) is 5.10 Å². The molecule has 0 unspecified atom stereocenters. The molecule has 136 valence electrons. The number of aromatic nitrogens is 5. The Morgan fingerprint density at radius 3 is 2.56 bits per heavy atom. The summed E-state index contributed by atoms with van der Waals surface area (Å²) in [4.78, 5) is 8.46. The zero-order chi connectivity index (χ0) is 18.9. The van der Waals surface area contributed by atoms with Crippen molar-refractivity contribution >= 4 is 22.9 Å². The van der Waals surface area contributed by atoms with Gasteiger partial charge in [0.05, 0.1) is 11.3 Å². The van der Waals surface area contributed by atoms with Crippen molar-refractivity contribution < 1.29 is 13.2 Å². The Morgan fingerprint density at radius 2 is 1.78 bits per heavy atom. The molecule has 9 heteroatoms. The molecule has 0 N–H and O–H groups in total. The van der Waals surface area contributed by atoms with Gasteiger partial charge in [0, 0.05) is 5.75 Å². The minimum Gasteiger partial charge on any atom is -0.227 e. The first-order valence-electron chi connectivity index (χ1n) is 7.93. The summed E-state index contributed by atoms with van der Waals surface area (Å²) < 4.78 is 40.2. The third-order valence-electron chi connectivity index (χ3n) is 3.83. The lowest BCUT2D eigenvalue weighted by molar-refractivity contribution is -0.137. The average Bonchev–Trinajstić information content (AvgIpc) is 3.11. The Labute approximate surface area is 156 Å². The van der Waals surface area contributed by atoms with Crippen LogP contribution in [0.2, 0.25) is 0 Å². The van der Waals surface area contributed by atoms with Crippen LogP contribution in [0.25, 0.3) is 16.9 Å². The Morgan fingerprint density at radius 1 is 0.963 bits per heavy atom. The molecule has 2 aromatic carbocycles. The zero-order valence-electron chi connectivity index (χ0n) is 13.8. The predicted octanol–water partition coefficient (Wildman–Crippen LogP) is 4.52. The molecule has 2 aromatic heterocycles. The van der Waals surface area contributed by atoms with E-state index >= 15 is 0 Å². The van der Waals surface area contributed by atoms with E-state index < -0.39 is 11.7 Å². The highest BCUT2D eigenvalue weighted by atomic mass is 32.2. The van der Waals surface area contributed by atoms with E-state index in [4.69, 9.17) is 0 Å². The lowest BCUT2D eigenvalue weighted by atomic mass is 10.1. The van der Waals surface area contributed by atoms with Crippen LogP contribution < -0.4 is 0 Å². The summed E-state index contributed by atoms with van der Waals surface area (Å²) in [6.07, 6.45) is -2.96. The molecule has 0 aliphatic carbocycles. The minimum atomic E-state index is -4.36. The fraction of sp³-hybridized carbons (Fsp3) is 0.111. The normalized spacial score (nSPS) is 11.8. The molecule has 0 saturated carbocycles. The predicted molar refractivity (Wildman–Crippen MR) is 95.5 cm³/mol. The van der Waals surface area contributed by atoms with E-state index in [9.17, 15) is 13.2 Å². The molecular weight excluding hydrogens is 375 g/mol. The molecule has 0 amide bonds. The van der Waals surface area contributed by atoms with Gasteiger partial charge in [0.2, 0.25) is 0 Å². The second-order valence-electron chi connectivity index (χ2n) is 5.67. The van der Waals surface area contributed by atoms with Gasteiger partial charge in [-0.05, 0) is 23.8 Å². The van der Waals surface area contributed by atoms with Crippen molar-refractivity contribution in [1.82, 2.24) is 25.0 Å². The maximum atomic E-state index is 12.9. The first kappa shape index (κ1) is 17.5. The average molecular weight is 387 g/mol. The lowest BCUT2D eigenvalue weighted by Gasteiger charge is -2.08. The summed E-state index contributed by atoms with van der Waals surface area (Å²) in [6.45, 7) is 0. The van der Waals surface area contributed by atoms with Gasteiger partial charge >= 0.3 is 6.18 Å². The summed E-state index contributed by atoms with van der Waals surface area (Å²) in [5.74, 6) is 0.328. The quantitative estimate of drug-likeness (QED) is 0.381. The van der Waals surface area contributed by atoms with Gasteiger partial charge in [-0.1, -0.05) is 53.4 Å². The fourth-order valence-corrected chi connectivity index (χ4v) is 3.44. The summed E-state index contributed by atoms with van der Waals surface area (Å²) in [5.41, 5.74) is 1.76. The molecular formula is C18H12F3N5S. The largest absolute Gasteiger partial charge is 0.416 e.